The summed E-state index contributed by atoms with van der Waals surface area (Å²) in [6.07, 6.45) is 5.14. The highest BCUT2D eigenvalue weighted by atomic mass is 16.5. The largest absolute Gasteiger partial charge is 0.496 e. The Labute approximate surface area is 143 Å². The normalized spacial score (nSPS) is 11.1. The van der Waals surface area contributed by atoms with Gasteiger partial charge in [0, 0.05) is 18.0 Å². The summed E-state index contributed by atoms with van der Waals surface area (Å²) >= 11 is 0. The second-order valence-electron chi connectivity index (χ2n) is 5.87. The van der Waals surface area contributed by atoms with E-state index < -0.39 is 0 Å². The van der Waals surface area contributed by atoms with Gasteiger partial charge >= 0.3 is 0 Å². The van der Waals surface area contributed by atoms with Crippen LogP contribution in [0.25, 0.3) is 22.4 Å². The van der Waals surface area contributed by atoms with Crippen LogP contribution >= 0.6 is 0 Å². The molecule has 0 spiro atoms. The van der Waals surface area contributed by atoms with Crippen molar-refractivity contribution in [2.75, 3.05) is 12.8 Å². The van der Waals surface area contributed by atoms with E-state index in [-0.39, 0.29) is 0 Å². The minimum Gasteiger partial charge on any atom is -0.496 e. The van der Waals surface area contributed by atoms with Crippen LogP contribution in [0.3, 0.4) is 0 Å². The lowest BCUT2D eigenvalue weighted by atomic mass is 10.1. The standard InChI is InChI=1S/C18H16N6O/c1-10-4-5-13(25-3)11(2)15(10)24-16(20)12(8-19)14-17-21-6-7-23(17)9-22-18(14)24/h4-7,9H,20H2,1-3H3. The van der Waals surface area contributed by atoms with Crippen LogP contribution in [0.4, 0.5) is 5.82 Å². The van der Waals surface area contributed by atoms with Gasteiger partial charge in [-0.1, -0.05) is 6.07 Å². The number of nitriles is 1. The lowest BCUT2D eigenvalue weighted by Gasteiger charge is -2.16. The van der Waals surface area contributed by atoms with E-state index >= 15 is 0 Å². The molecule has 0 bridgehead atoms. The highest BCUT2D eigenvalue weighted by molar-refractivity contribution is 6.00. The molecule has 0 aliphatic rings. The summed E-state index contributed by atoms with van der Waals surface area (Å²) < 4.78 is 9.04. The summed E-state index contributed by atoms with van der Waals surface area (Å²) in [5.41, 5.74) is 10.8. The van der Waals surface area contributed by atoms with Crippen LogP contribution in [-0.2, 0) is 0 Å². The molecule has 1 aromatic carbocycles. The van der Waals surface area contributed by atoms with Crippen LogP contribution in [0, 0.1) is 25.2 Å². The molecule has 0 fully saturated rings. The number of fused-ring (bicyclic) bond motifs is 3. The van der Waals surface area contributed by atoms with Crippen LogP contribution in [-0.4, -0.2) is 26.0 Å². The van der Waals surface area contributed by atoms with Crippen LogP contribution < -0.4 is 10.5 Å². The van der Waals surface area contributed by atoms with E-state index in [9.17, 15) is 5.26 Å². The first kappa shape index (κ1) is 15.0. The molecule has 4 aromatic rings. The summed E-state index contributed by atoms with van der Waals surface area (Å²) in [5.74, 6) is 1.10. The zero-order valence-corrected chi connectivity index (χ0v) is 14.1. The number of imidazole rings is 1. The summed E-state index contributed by atoms with van der Waals surface area (Å²) in [4.78, 5) is 8.90. The number of ether oxygens (including phenoxy) is 1. The van der Waals surface area contributed by atoms with Crippen molar-refractivity contribution in [1.82, 2.24) is 18.9 Å². The molecule has 0 saturated heterocycles. The van der Waals surface area contributed by atoms with Crippen molar-refractivity contribution in [2.45, 2.75) is 13.8 Å². The van der Waals surface area contributed by atoms with E-state index in [4.69, 9.17) is 10.5 Å². The number of hydrogen-bond acceptors (Lipinski definition) is 5. The van der Waals surface area contributed by atoms with E-state index in [1.807, 2.05) is 30.5 Å². The summed E-state index contributed by atoms with van der Waals surface area (Å²) in [7, 11) is 1.63. The molecule has 3 aromatic heterocycles. The molecule has 7 nitrogen and oxygen atoms in total. The first-order valence-electron chi connectivity index (χ1n) is 7.74. The quantitative estimate of drug-likeness (QED) is 0.609. The summed E-state index contributed by atoms with van der Waals surface area (Å²) in [5, 5.41) is 10.3. The molecule has 0 amide bonds. The molecule has 0 aliphatic carbocycles. The van der Waals surface area contributed by atoms with Gasteiger partial charge in [0.2, 0.25) is 0 Å². The fourth-order valence-corrected chi connectivity index (χ4v) is 3.35. The average molecular weight is 332 g/mol. The molecule has 4 rings (SSSR count). The number of aryl methyl sites for hydroxylation is 1. The maximum absolute atomic E-state index is 9.68. The van der Waals surface area contributed by atoms with Crippen LogP contribution in [0.15, 0.2) is 30.9 Å². The highest BCUT2D eigenvalue weighted by Gasteiger charge is 2.23. The second kappa shape index (κ2) is 5.24. The molecule has 7 heteroatoms. The first-order chi connectivity index (χ1) is 12.1. The van der Waals surface area contributed by atoms with Gasteiger partial charge < -0.3 is 10.5 Å². The molecule has 124 valence electrons. The third-order valence-corrected chi connectivity index (χ3v) is 4.52. The zero-order valence-electron chi connectivity index (χ0n) is 14.1. The van der Waals surface area contributed by atoms with Crippen molar-refractivity contribution in [1.29, 1.82) is 5.26 Å². The van der Waals surface area contributed by atoms with Gasteiger partial charge in [0.05, 0.1) is 18.2 Å². The minimum atomic E-state index is 0.348. The predicted molar refractivity (Wildman–Crippen MR) is 95.0 cm³/mol. The third-order valence-electron chi connectivity index (χ3n) is 4.52. The fourth-order valence-electron chi connectivity index (χ4n) is 3.35. The summed E-state index contributed by atoms with van der Waals surface area (Å²) in [6, 6.07) is 6.09. The molecular weight excluding hydrogens is 316 g/mol. The smallest absolute Gasteiger partial charge is 0.153 e. The molecule has 0 aliphatic heterocycles. The van der Waals surface area contributed by atoms with E-state index in [0.717, 1.165) is 22.6 Å². The Balaban J connectivity index is 2.21. The van der Waals surface area contributed by atoms with Crippen LogP contribution in [0.2, 0.25) is 0 Å². The molecule has 0 saturated carbocycles. The second-order valence-corrected chi connectivity index (χ2v) is 5.87. The van der Waals surface area contributed by atoms with Gasteiger partial charge in [0.15, 0.2) is 5.65 Å². The Morgan fingerprint density at radius 1 is 1.20 bits per heavy atom. The van der Waals surface area contributed by atoms with Crippen molar-refractivity contribution >= 4 is 22.5 Å². The lowest BCUT2D eigenvalue weighted by molar-refractivity contribution is 0.411. The molecule has 0 unspecified atom stereocenters. The molecule has 25 heavy (non-hydrogen) atoms. The molecule has 2 N–H and O–H groups in total. The van der Waals surface area contributed by atoms with Crippen LogP contribution in [0.5, 0.6) is 5.75 Å². The Bertz CT molecular complexity index is 1180. The van der Waals surface area contributed by atoms with E-state index in [2.05, 4.69) is 16.0 Å². The Morgan fingerprint density at radius 3 is 2.72 bits per heavy atom. The topological polar surface area (TPSA) is 94.2 Å². The minimum absolute atomic E-state index is 0.348. The van der Waals surface area contributed by atoms with Gasteiger partial charge in [0.25, 0.3) is 0 Å². The monoisotopic (exact) mass is 332 g/mol. The molecule has 3 heterocycles. The van der Waals surface area contributed by atoms with Gasteiger partial charge in [0.1, 0.15) is 35.2 Å². The predicted octanol–water partition coefficient (Wildman–Crippen LogP) is 2.75. The average Bonchev–Trinajstić information content (AvgIpc) is 3.18. The Morgan fingerprint density at radius 2 is 2.00 bits per heavy atom. The van der Waals surface area contributed by atoms with Gasteiger partial charge in [-0.15, -0.1) is 0 Å². The number of benzene rings is 1. The lowest BCUT2D eigenvalue weighted by Crippen LogP contribution is -2.06. The summed E-state index contributed by atoms with van der Waals surface area (Å²) in [6.45, 7) is 3.96. The van der Waals surface area contributed by atoms with Crippen molar-refractivity contribution in [3.63, 3.8) is 0 Å². The number of methoxy groups -OCH3 is 1. The van der Waals surface area contributed by atoms with E-state index in [1.54, 1.807) is 30.2 Å². The van der Waals surface area contributed by atoms with Gasteiger partial charge in [-0.3, -0.25) is 8.97 Å². The number of hydrogen-bond donors (Lipinski definition) is 1. The van der Waals surface area contributed by atoms with Crippen molar-refractivity contribution in [3.05, 3.63) is 47.5 Å². The Kier molecular flexibility index (Phi) is 3.15. The number of aromatic nitrogens is 4. The fraction of sp³-hybridized carbons (Fsp3) is 0.167. The highest BCUT2D eigenvalue weighted by Crippen LogP contribution is 2.36. The number of anilines is 1. The first-order valence-corrected chi connectivity index (χ1v) is 7.74. The zero-order chi connectivity index (χ0) is 17.7. The van der Waals surface area contributed by atoms with Crippen molar-refractivity contribution in [2.24, 2.45) is 0 Å². The molecule has 0 radical (unpaired) electrons. The maximum atomic E-state index is 9.68. The van der Waals surface area contributed by atoms with Crippen molar-refractivity contribution in [3.8, 4) is 17.5 Å². The van der Waals surface area contributed by atoms with Crippen molar-refractivity contribution < 1.29 is 4.74 Å². The van der Waals surface area contributed by atoms with Crippen LogP contribution in [0.1, 0.15) is 16.7 Å². The number of rotatable bonds is 2. The van der Waals surface area contributed by atoms with Gasteiger partial charge in [-0.2, -0.15) is 5.26 Å². The number of nitrogens with two attached hydrogens (primary N) is 1. The number of nitrogen functional groups attached to an aromatic ring is 1. The maximum Gasteiger partial charge on any atom is 0.153 e. The third kappa shape index (κ3) is 1.91. The van der Waals surface area contributed by atoms with Gasteiger partial charge in [-0.05, 0) is 25.5 Å². The Hall–Kier alpha value is -3.53. The van der Waals surface area contributed by atoms with E-state index in [1.165, 1.54) is 0 Å². The molecular formula is C18H16N6O. The SMILES string of the molecule is COc1ccc(C)c(-n2c(N)c(C#N)c3c2ncn2ccnc32)c1C. The number of nitrogens with zero attached hydrogens (tertiary/aromatic N) is 5. The van der Waals surface area contributed by atoms with E-state index in [0.29, 0.717) is 28.1 Å². The van der Waals surface area contributed by atoms with Gasteiger partial charge in [-0.25, -0.2) is 9.97 Å². The molecule has 0 atom stereocenters.